The minimum atomic E-state index is -0.00447. The first-order chi connectivity index (χ1) is 8.41. The molecule has 0 aromatic rings. The van der Waals surface area contributed by atoms with E-state index in [1.165, 1.54) is 25.7 Å². The molecule has 0 spiro atoms. The van der Waals surface area contributed by atoms with Gasteiger partial charge < -0.3 is 10.5 Å². The van der Waals surface area contributed by atoms with Crippen LogP contribution in [0.4, 0.5) is 0 Å². The molecule has 2 heteroatoms. The molecule has 0 heterocycles. The molecule has 1 aliphatic rings. The molecule has 0 amide bonds. The molecule has 0 atom stereocenters. The van der Waals surface area contributed by atoms with Crippen LogP contribution in [-0.2, 0) is 4.74 Å². The van der Waals surface area contributed by atoms with Gasteiger partial charge in [0.05, 0.1) is 5.60 Å². The maximum absolute atomic E-state index is 6.20. The van der Waals surface area contributed by atoms with Gasteiger partial charge in [-0.25, -0.2) is 0 Å². The fraction of sp³-hybridized carbons (Fsp3) is 1.00. The van der Waals surface area contributed by atoms with Crippen molar-refractivity contribution in [1.82, 2.24) is 0 Å². The molecule has 0 aliphatic heterocycles. The zero-order valence-corrected chi connectivity index (χ0v) is 12.9. The van der Waals surface area contributed by atoms with E-state index in [0.29, 0.717) is 12.0 Å². The zero-order valence-electron chi connectivity index (χ0n) is 12.9. The number of nitrogens with two attached hydrogens (primary N) is 1. The Morgan fingerprint density at radius 2 is 1.83 bits per heavy atom. The average molecular weight is 255 g/mol. The van der Waals surface area contributed by atoms with Gasteiger partial charge in [-0.1, -0.05) is 40.5 Å². The number of hydrogen-bond donors (Lipinski definition) is 1. The Morgan fingerprint density at radius 3 is 2.28 bits per heavy atom. The molecule has 0 aromatic heterocycles. The molecule has 1 aliphatic carbocycles. The van der Waals surface area contributed by atoms with Crippen LogP contribution in [0.15, 0.2) is 0 Å². The van der Waals surface area contributed by atoms with Gasteiger partial charge in [-0.05, 0) is 43.4 Å². The van der Waals surface area contributed by atoms with Crippen molar-refractivity contribution in [3.8, 4) is 0 Å². The number of hydrogen-bond acceptors (Lipinski definition) is 2. The van der Waals surface area contributed by atoms with E-state index in [4.69, 9.17) is 10.5 Å². The first-order valence-corrected chi connectivity index (χ1v) is 7.75. The van der Waals surface area contributed by atoms with Crippen LogP contribution in [0.25, 0.3) is 0 Å². The van der Waals surface area contributed by atoms with Gasteiger partial charge in [0, 0.05) is 13.2 Å². The van der Waals surface area contributed by atoms with E-state index in [1.807, 2.05) is 0 Å². The highest BCUT2D eigenvalue weighted by Gasteiger charge is 2.34. The van der Waals surface area contributed by atoms with Crippen molar-refractivity contribution in [2.75, 3.05) is 13.2 Å². The molecular weight excluding hydrogens is 222 g/mol. The van der Waals surface area contributed by atoms with Gasteiger partial charge in [0.15, 0.2) is 0 Å². The Balaban J connectivity index is 2.36. The smallest absolute Gasteiger partial charge is 0.0804 e. The topological polar surface area (TPSA) is 35.2 Å². The molecule has 2 nitrogen and oxygen atoms in total. The summed E-state index contributed by atoms with van der Waals surface area (Å²) in [5.41, 5.74) is 6.33. The SMILES string of the molecule is CCCC1CCC(CN)(OCCC(C)(C)C)CC1. The standard InChI is InChI=1S/C16H33NO/c1-5-6-14-7-9-16(13-17,10-8-14)18-12-11-15(2,3)4/h14H,5-13,17H2,1-4H3. The van der Waals surface area contributed by atoms with Crippen LogP contribution >= 0.6 is 0 Å². The minimum absolute atomic E-state index is 0.00447. The fourth-order valence-corrected chi connectivity index (χ4v) is 2.88. The van der Waals surface area contributed by atoms with Gasteiger partial charge in [-0.15, -0.1) is 0 Å². The quantitative estimate of drug-likeness (QED) is 0.774. The highest BCUT2D eigenvalue weighted by Crippen LogP contribution is 2.36. The predicted molar refractivity (Wildman–Crippen MR) is 78.7 cm³/mol. The lowest BCUT2D eigenvalue weighted by atomic mass is 9.77. The van der Waals surface area contributed by atoms with Crippen molar-refractivity contribution >= 4 is 0 Å². The Labute approximate surface area is 114 Å². The van der Waals surface area contributed by atoms with Gasteiger partial charge in [0.2, 0.25) is 0 Å². The van der Waals surface area contributed by atoms with E-state index in [-0.39, 0.29) is 5.60 Å². The zero-order chi connectivity index (χ0) is 13.6. The van der Waals surface area contributed by atoms with E-state index < -0.39 is 0 Å². The van der Waals surface area contributed by atoms with E-state index in [1.54, 1.807) is 0 Å². The highest BCUT2D eigenvalue weighted by molar-refractivity contribution is 4.88. The van der Waals surface area contributed by atoms with Crippen LogP contribution in [0.5, 0.6) is 0 Å². The molecular formula is C16H33NO. The molecule has 18 heavy (non-hydrogen) atoms. The monoisotopic (exact) mass is 255 g/mol. The van der Waals surface area contributed by atoms with Crippen molar-refractivity contribution in [3.05, 3.63) is 0 Å². The fourth-order valence-electron chi connectivity index (χ4n) is 2.88. The van der Waals surface area contributed by atoms with Gasteiger partial charge in [-0.2, -0.15) is 0 Å². The average Bonchev–Trinajstić information content (AvgIpc) is 2.30. The van der Waals surface area contributed by atoms with E-state index >= 15 is 0 Å². The largest absolute Gasteiger partial charge is 0.374 e. The van der Waals surface area contributed by atoms with Crippen molar-refractivity contribution in [2.45, 2.75) is 78.2 Å². The summed E-state index contributed by atoms with van der Waals surface area (Å²) >= 11 is 0. The molecule has 0 radical (unpaired) electrons. The Bertz CT molecular complexity index is 224. The molecule has 1 saturated carbocycles. The second-order valence-corrected chi connectivity index (χ2v) is 7.28. The summed E-state index contributed by atoms with van der Waals surface area (Å²) in [6.07, 6.45) is 8.75. The number of rotatable bonds is 6. The lowest BCUT2D eigenvalue weighted by Crippen LogP contribution is -2.44. The Kier molecular flexibility index (Phi) is 6.13. The molecule has 2 N–H and O–H groups in total. The number of ether oxygens (including phenoxy) is 1. The van der Waals surface area contributed by atoms with Crippen LogP contribution in [-0.4, -0.2) is 18.8 Å². The van der Waals surface area contributed by atoms with Crippen molar-refractivity contribution in [1.29, 1.82) is 0 Å². The minimum Gasteiger partial charge on any atom is -0.374 e. The van der Waals surface area contributed by atoms with Gasteiger partial charge in [0.25, 0.3) is 0 Å². The van der Waals surface area contributed by atoms with E-state index in [0.717, 1.165) is 31.8 Å². The van der Waals surface area contributed by atoms with E-state index in [2.05, 4.69) is 27.7 Å². The summed E-state index contributed by atoms with van der Waals surface area (Å²) in [6.45, 7) is 10.6. The third kappa shape index (κ3) is 5.27. The second-order valence-electron chi connectivity index (χ2n) is 7.28. The molecule has 0 aromatic carbocycles. The second kappa shape index (κ2) is 6.91. The third-order valence-corrected chi connectivity index (χ3v) is 4.35. The van der Waals surface area contributed by atoms with Crippen LogP contribution in [0.2, 0.25) is 0 Å². The van der Waals surface area contributed by atoms with Gasteiger partial charge in [0.1, 0.15) is 0 Å². The van der Waals surface area contributed by atoms with Gasteiger partial charge >= 0.3 is 0 Å². The molecule has 1 rings (SSSR count). The highest BCUT2D eigenvalue weighted by atomic mass is 16.5. The summed E-state index contributed by atoms with van der Waals surface area (Å²) in [5.74, 6) is 0.917. The maximum atomic E-state index is 6.20. The lowest BCUT2D eigenvalue weighted by Gasteiger charge is -2.40. The summed E-state index contributed by atoms with van der Waals surface area (Å²) < 4.78 is 6.20. The lowest BCUT2D eigenvalue weighted by molar-refractivity contribution is -0.0783. The van der Waals surface area contributed by atoms with Crippen molar-refractivity contribution in [2.24, 2.45) is 17.1 Å². The molecule has 108 valence electrons. The first-order valence-electron chi connectivity index (χ1n) is 7.75. The molecule has 1 fully saturated rings. The van der Waals surface area contributed by atoms with Crippen molar-refractivity contribution < 1.29 is 4.74 Å². The van der Waals surface area contributed by atoms with Crippen LogP contribution in [0.1, 0.15) is 72.6 Å². The summed E-state index contributed by atoms with van der Waals surface area (Å²) in [4.78, 5) is 0. The maximum Gasteiger partial charge on any atom is 0.0804 e. The van der Waals surface area contributed by atoms with Crippen LogP contribution in [0.3, 0.4) is 0 Å². The predicted octanol–water partition coefficient (Wildman–Crippen LogP) is 4.13. The molecule has 0 unspecified atom stereocenters. The summed E-state index contributed by atoms with van der Waals surface area (Å²) in [6, 6.07) is 0. The van der Waals surface area contributed by atoms with Gasteiger partial charge in [-0.3, -0.25) is 0 Å². The molecule has 0 bridgehead atoms. The Hall–Kier alpha value is -0.0800. The summed E-state index contributed by atoms with van der Waals surface area (Å²) in [7, 11) is 0. The van der Waals surface area contributed by atoms with E-state index in [9.17, 15) is 0 Å². The first kappa shape index (κ1) is 16.0. The summed E-state index contributed by atoms with van der Waals surface area (Å²) in [5, 5.41) is 0. The van der Waals surface area contributed by atoms with Crippen LogP contribution < -0.4 is 5.73 Å². The van der Waals surface area contributed by atoms with Crippen LogP contribution in [0, 0.1) is 11.3 Å². The molecule has 0 saturated heterocycles. The normalized spacial score (nSPS) is 29.5. The third-order valence-electron chi connectivity index (χ3n) is 4.35. The van der Waals surface area contributed by atoms with Crippen molar-refractivity contribution in [3.63, 3.8) is 0 Å². The Morgan fingerprint density at radius 1 is 1.22 bits per heavy atom.